The molecule has 4 rings (SSSR count). The zero-order valence-electron chi connectivity index (χ0n) is 19.5. The summed E-state index contributed by atoms with van der Waals surface area (Å²) in [5.74, 6) is -1.24. The third-order valence-electron chi connectivity index (χ3n) is 6.18. The molecule has 0 aliphatic carbocycles. The van der Waals surface area contributed by atoms with E-state index < -0.39 is 35.9 Å². The highest BCUT2D eigenvalue weighted by atomic mass is 16.8. The van der Waals surface area contributed by atoms with E-state index in [-0.39, 0.29) is 35.5 Å². The van der Waals surface area contributed by atoms with Crippen LogP contribution in [0, 0.1) is 5.92 Å². The van der Waals surface area contributed by atoms with Crippen LogP contribution < -0.4 is 10.9 Å². The van der Waals surface area contributed by atoms with E-state index in [0.717, 1.165) is 32.1 Å². The van der Waals surface area contributed by atoms with Gasteiger partial charge < -0.3 is 19.3 Å². The summed E-state index contributed by atoms with van der Waals surface area (Å²) in [4.78, 5) is 35.9. The van der Waals surface area contributed by atoms with Crippen molar-refractivity contribution in [3.63, 3.8) is 0 Å². The van der Waals surface area contributed by atoms with E-state index >= 15 is 0 Å². The van der Waals surface area contributed by atoms with Crippen molar-refractivity contribution in [2.45, 2.75) is 90.1 Å². The maximum Gasteiger partial charge on any atom is 0.280 e. The Kier molecular flexibility index (Phi) is 6.85. The molecule has 3 N–H and O–H groups in total. The summed E-state index contributed by atoms with van der Waals surface area (Å²) >= 11 is 0. The number of hydrogen-bond acceptors (Lipinski definition) is 8. The van der Waals surface area contributed by atoms with E-state index in [1.54, 1.807) is 18.4 Å². The minimum atomic E-state index is -0.729. The fourth-order valence-electron chi connectivity index (χ4n) is 4.49. The molecule has 4 heterocycles. The number of ether oxygens (including phenoxy) is 3. The number of rotatable bonds is 9. The quantitative estimate of drug-likeness (QED) is 0.513. The van der Waals surface area contributed by atoms with Gasteiger partial charge in [0, 0.05) is 18.8 Å². The number of nitrogens with zero attached hydrogens (tertiary/aromatic N) is 3. The number of anilines is 1. The number of aromatic amines is 1. The topological polar surface area (TPSA) is 141 Å². The minimum Gasteiger partial charge on any atom is -0.394 e. The number of imidazole rings is 1. The van der Waals surface area contributed by atoms with Crippen LogP contribution in [0.25, 0.3) is 11.2 Å². The molecule has 2 saturated heterocycles. The highest BCUT2D eigenvalue weighted by molar-refractivity contribution is 5.91. The molecule has 2 aromatic heterocycles. The second-order valence-electron chi connectivity index (χ2n) is 9.06. The largest absolute Gasteiger partial charge is 0.394 e. The summed E-state index contributed by atoms with van der Waals surface area (Å²) in [5, 5.41) is 12.6. The lowest BCUT2D eigenvalue weighted by atomic mass is 10.0. The molecule has 2 aliphatic heterocycles. The fraction of sp³-hybridized carbons (Fsp3) is 0.727. The van der Waals surface area contributed by atoms with Crippen LogP contribution in [0.3, 0.4) is 0 Å². The second kappa shape index (κ2) is 9.49. The first-order valence-corrected chi connectivity index (χ1v) is 11.7. The normalized spacial score (nSPS) is 29.2. The van der Waals surface area contributed by atoms with Crippen LogP contribution in [0.1, 0.15) is 66.0 Å². The van der Waals surface area contributed by atoms with Gasteiger partial charge in [-0.25, -0.2) is 4.98 Å². The molecule has 0 bridgehead atoms. The van der Waals surface area contributed by atoms with Gasteiger partial charge in [0.05, 0.1) is 12.9 Å². The first-order valence-electron chi connectivity index (χ1n) is 11.7. The third kappa shape index (κ3) is 4.42. The molecule has 0 aromatic carbocycles. The van der Waals surface area contributed by atoms with Crippen molar-refractivity contribution in [2.75, 3.05) is 11.9 Å². The molecule has 2 fully saturated rings. The number of fused-ring (bicyclic) bond motifs is 2. The summed E-state index contributed by atoms with van der Waals surface area (Å²) in [7, 11) is 0. The van der Waals surface area contributed by atoms with Gasteiger partial charge in [0.25, 0.3) is 5.56 Å². The molecular formula is C22H33N5O6. The van der Waals surface area contributed by atoms with Gasteiger partial charge in [-0.2, -0.15) is 4.98 Å². The Bertz CT molecular complexity index is 1050. The molecule has 11 nitrogen and oxygen atoms in total. The zero-order chi connectivity index (χ0) is 23.8. The Morgan fingerprint density at radius 2 is 2.03 bits per heavy atom. The monoisotopic (exact) mass is 463 g/mol. The van der Waals surface area contributed by atoms with Crippen LogP contribution in [0.2, 0.25) is 0 Å². The summed E-state index contributed by atoms with van der Waals surface area (Å²) in [6, 6.07) is 0. The summed E-state index contributed by atoms with van der Waals surface area (Å²) in [5.41, 5.74) is -0.0990. The van der Waals surface area contributed by atoms with E-state index in [1.807, 2.05) is 0 Å². The van der Waals surface area contributed by atoms with Crippen LogP contribution in [-0.2, 0) is 19.0 Å². The number of unbranched alkanes of at least 4 members (excludes halogenated alkanes) is 1. The number of carbonyl (C=O) groups is 1. The van der Waals surface area contributed by atoms with Gasteiger partial charge in [-0.15, -0.1) is 0 Å². The standard InChI is InChI=1S/C22H33N5O6/c1-5-7-9-22(8-6-2)32-15-13(10-28)31-20(16(15)33-22)27-11-23-14-17(27)24-21(26-19(14)30)25-18(29)12(3)4/h11-13,15-16,20,28H,5-10H2,1-4H3,(H2,24,25,26,29,30)/t13-,15?,16?,20-,22+/m1/s1. The van der Waals surface area contributed by atoms with E-state index in [2.05, 4.69) is 34.1 Å². The maximum atomic E-state index is 12.6. The lowest BCUT2D eigenvalue weighted by molar-refractivity contribution is -0.227. The zero-order valence-corrected chi connectivity index (χ0v) is 19.5. The Morgan fingerprint density at radius 1 is 1.27 bits per heavy atom. The van der Waals surface area contributed by atoms with Crippen molar-refractivity contribution in [3.8, 4) is 0 Å². The second-order valence-corrected chi connectivity index (χ2v) is 9.06. The average molecular weight is 464 g/mol. The lowest BCUT2D eigenvalue weighted by Gasteiger charge is -2.31. The molecule has 0 spiro atoms. The molecule has 33 heavy (non-hydrogen) atoms. The van der Waals surface area contributed by atoms with Gasteiger partial charge in [0.1, 0.15) is 18.3 Å². The highest BCUT2D eigenvalue weighted by Crippen LogP contribution is 2.47. The first-order chi connectivity index (χ1) is 15.8. The van der Waals surface area contributed by atoms with Crippen LogP contribution in [-0.4, -0.2) is 61.2 Å². The first kappa shape index (κ1) is 23.8. The van der Waals surface area contributed by atoms with Crippen LogP contribution in [0.4, 0.5) is 5.95 Å². The maximum absolute atomic E-state index is 12.6. The van der Waals surface area contributed by atoms with Gasteiger partial charge in [0.2, 0.25) is 11.9 Å². The molecule has 2 unspecified atom stereocenters. The summed E-state index contributed by atoms with van der Waals surface area (Å²) in [6.45, 7) is 7.47. The van der Waals surface area contributed by atoms with Gasteiger partial charge in [-0.1, -0.05) is 40.5 Å². The number of carbonyl (C=O) groups excluding carboxylic acids is 1. The van der Waals surface area contributed by atoms with Gasteiger partial charge in [-0.3, -0.25) is 24.5 Å². The van der Waals surface area contributed by atoms with Crippen molar-refractivity contribution in [1.82, 2.24) is 19.5 Å². The fourth-order valence-corrected chi connectivity index (χ4v) is 4.49. The van der Waals surface area contributed by atoms with Crippen molar-refractivity contribution in [3.05, 3.63) is 16.7 Å². The Balaban J connectivity index is 1.69. The van der Waals surface area contributed by atoms with Crippen molar-refractivity contribution in [2.24, 2.45) is 5.92 Å². The van der Waals surface area contributed by atoms with Gasteiger partial charge in [0.15, 0.2) is 23.2 Å². The number of H-pyrrole nitrogens is 1. The number of aliphatic hydroxyl groups is 1. The molecule has 5 atom stereocenters. The predicted molar refractivity (Wildman–Crippen MR) is 120 cm³/mol. The number of amides is 1. The highest BCUT2D eigenvalue weighted by Gasteiger charge is 2.58. The Labute approximate surface area is 191 Å². The van der Waals surface area contributed by atoms with Crippen molar-refractivity contribution >= 4 is 23.0 Å². The molecule has 2 aliphatic rings. The van der Waals surface area contributed by atoms with Crippen LogP contribution in [0.15, 0.2) is 11.1 Å². The molecule has 182 valence electrons. The summed E-state index contributed by atoms with van der Waals surface area (Å²) < 4.78 is 20.6. The predicted octanol–water partition coefficient (Wildman–Crippen LogP) is 2.07. The number of nitrogens with one attached hydrogen (secondary N) is 2. The van der Waals surface area contributed by atoms with E-state index in [9.17, 15) is 14.7 Å². The number of hydrogen-bond donors (Lipinski definition) is 3. The molecule has 2 aromatic rings. The van der Waals surface area contributed by atoms with Gasteiger partial charge >= 0.3 is 0 Å². The van der Waals surface area contributed by atoms with Crippen molar-refractivity contribution in [1.29, 1.82) is 0 Å². The summed E-state index contributed by atoms with van der Waals surface area (Å²) in [6.07, 6.45) is 3.59. The van der Waals surface area contributed by atoms with E-state index in [0.29, 0.717) is 0 Å². The van der Waals surface area contributed by atoms with Gasteiger partial charge in [-0.05, 0) is 6.42 Å². The molecule has 0 saturated carbocycles. The SMILES string of the molecule is CCCC[C@]1(CCC)OC2C(O1)[C@@H](CO)O[C@H]2n1cnc2c(=O)[nH]c(NC(=O)C(C)C)nc21. The molecule has 0 radical (unpaired) electrons. The van der Waals surface area contributed by atoms with E-state index in [1.165, 1.54) is 6.33 Å². The number of aliphatic hydroxyl groups excluding tert-OH is 1. The van der Waals surface area contributed by atoms with E-state index in [4.69, 9.17) is 14.2 Å². The Morgan fingerprint density at radius 3 is 2.70 bits per heavy atom. The van der Waals surface area contributed by atoms with Crippen LogP contribution in [0.5, 0.6) is 0 Å². The molecular weight excluding hydrogens is 430 g/mol. The Hall–Kier alpha value is -2.34. The average Bonchev–Trinajstić information content (AvgIpc) is 3.44. The number of aromatic nitrogens is 4. The van der Waals surface area contributed by atoms with Crippen LogP contribution >= 0.6 is 0 Å². The molecule has 1 amide bonds. The minimum absolute atomic E-state index is 0.0353. The molecule has 11 heteroatoms. The smallest absolute Gasteiger partial charge is 0.280 e. The van der Waals surface area contributed by atoms with Crippen molar-refractivity contribution < 1.29 is 24.1 Å². The lowest BCUT2D eigenvalue weighted by Crippen LogP contribution is -2.35. The third-order valence-corrected chi connectivity index (χ3v) is 6.18.